The van der Waals surface area contributed by atoms with Crippen LogP contribution in [0.15, 0.2) is 18.2 Å². The first-order valence-electron chi connectivity index (χ1n) is 7.82. The molecule has 0 heterocycles. The molecule has 5 heteroatoms. The Bertz CT molecular complexity index is 504. The molecule has 0 bridgehead atoms. The Morgan fingerprint density at radius 2 is 2.00 bits per heavy atom. The summed E-state index contributed by atoms with van der Waals surface area (Å²) < 4.78 is 0. The number of hydrogen-bond acceptors (Lipinski definition) is 4. The number of anilines is 2. The van der Waals surface area contributed by atoms with Crippen LogP contribution in [0.5, 0.6) is 0 Å². The molecular formula is C16H25N3O2. The first-order valence-corrected chi connectivity index (χ1v) is 7.82. The number of para-hydroxylation sites is 1. The number of hydrogen-bond donors (Lipinski definition) is 2. The topological polar surface area (TPSA) is 67.2 Å². The van der Waals surface area contributed by atoms with Crippen molar-refractivity contribution in [3.8, 4) is 0 Å². The maximum Gasteiger partial charge on any atom is 0.315 e. The van der Waals surface area contributed by atoms with E-state index < -0.39 is 0 Å². The first kappa shape index (κ1) is 15.6. The highest BCUT2D eigenvalue weighted by molar-refractivity contribution is 5.76. The summed E-state index contributed by atoms with van der Waals surface area (Å²) >= 11 is 0. The second-order valence-electron chi connectivity index (χ2n) is 6.01. The molecule has 2 rings (SSSR count). The summed E-state index contributed by atoms with van der Waals surface area (Å²) in [6, 6.07) is 5.75. The predicted molar refractivity (Wildman–Crippen MR) is 86.8 cm³/mol. The van der Waals surface area contributed by atoms with Gasteiger partial charge < -0.3 is 10.6 Å². The number of rotatable bonds is 5. The summed E-state index contributed by atoms with van der Waals surface area (Å²) in [5, 5.41) is 17.9. The largest absolute Gasteiger partial charge is 0.380 e. The molecule has 21 heavy (non-hydrogen) atoms. The fraction of sp³-hybridized carbons (Fsp3) is 0.625. The van der Waals surface area contributed by atoms with Gasteiger partial charge in [-0.2, -0.15) is 0 Å². The minimum absolute atomic E-state index is 0.157. The molecule has 1 aromatic carbocycles. The van der Waals surface area contributed by atoms with Crippen LogP contribution in [0.4, 0.5) is 17.1 Å². The highest BCUT2D eigenvalue weighted by Crippen LogP contribution is 2.37. The Morgan fingerprint density at radius 3 is 2.67 bits per heavy atom. The molecule has 5 nitrogen and oxygen atoms in total. The fourth-order valence-corrected chi connectivity index (χ4v) is 3.18. The summed E-state index contributed by atoms with van der Waals surface area (Å²) in [6.45, 7) is 7.11. The molecule has 0 radical (unpaired) electrons. The van der Waals surface area contributed by atoms with E-state index in [9.17, 15) is 10.1 Å². The summed E-state index contributed by atoms with van der Waals surface area (Å²) in [5.41, 5.74) is 1.37. The van der Waals surface area contributed by atoms with Gasteiger partial charge in [0.1, 0.15) is 11.4 Å². The molecule has 1 aliphatic rings. The van der Waals surface area contributed by atoms with Crippen molar-refractivity contribution < 1.29 is 4.92 Å². The van der Waals surface area contributed by atoms with Crippen LogP contribution in [0.3, 0.4) is 0 Å². The van der Waals surface area contributed by atoms with E-state index in [1.165, 1.54) is 12.8 Å². The summed E-state index contributed by atoms with van der Waals surface area (Å²) in [5.74, 6) is 1.19. The van der Waals surface area contributed by atoms with E-state index in [2.05, 4.69) is 24.5 Å². The van der Waals surface area contributed by atoms with Gasteiger partial charge in [0.05, 0.1) is 4.92 Å². The highest BCUT2D eigenvalue weighted by atomic mass is 16.6. The van der Waals surface area contributed by atoms with Crippen LogP contribution in [0.1, 0.15) is 40.0 Å². The van der Waals surface area contributed by atoms with Gasteiger partial charge >= 0.3 is 5.69 Å². The predicted octanol–water partition coefficient (Wildman–Crippen LogP) is 4.26. The van der Waals surface area contributed by atoms with Crippen LogP contribution in [0.25, 0.3) is 0 Å². The van der Waals surface area contributed by atoms with Crippen LogP contribution in [0, 0.1) is 22.0 Å². The van der Waals surface area contributed by atoms with Crippen molar-refractivity contribution in [2.45, 2.75) is 46.1 Å². The highest BCUT2D eigenvalue weighted by Gasteiger charge is 2.29. The maximum atomic E-state index is 11.4. The molecule has 0 aliphatic heterocycles. The SMILES string of the molecule is CCNc1cccc(NC2CCCC(C)C2C)c1[N+](=O)[O-]. The van der Waals surface area contributed by atoms with Gasteiger partial charge in [-0.1, -0.05) is 32.8 Å². The van der Waals surface area contributed by atoms with Crippen LogP contribution in [0.2, 0.25) is 0 Å². The van der Waals surface area contributed by atoms with E-state index in [0.29, 0.717) is 35.8 Å². The monoisotopic (exact) mass is 291 g/mol. The van der Waals surface area contributed by atoms with Crippen LogP contribution < -0.4 is 10.6 Å². The number of nitrogens with one attached hydrogen (secondary N) is 2. The van der Waals surface area contributed by atoms with E-state index in [1.54, 1.807) is 6.07 Å². The Labute approximate surface area is 126 Å². The van der Waals surface area contributed by atoms with Crippen molar-refractivity contribution in [1.29, 1.82) is 0 Å². The summed E-state index contributed by atoms with van der Waals surface area (Å²) in [7, 11) is 0. The zero-order chi connectivity index (χ0) is 15.4. The van der Waals surface area contributed by atoms with Crippen molar-refractivity contribution >= 4 is 17.1 Å². The lowest BCUT2D eigenvalue weighted by Gasteiger charge is -2.35. The zero-order valence-corrected chi connectivity index (χ0v) is 13.1. The molecule has 0 amide bonds. The third-order valence-electron chi connectivity index (χ3n) is 4.63. The molecule has 1 aromatic rings. The number of nitro groups is 1. The molecule has 0 saturated heterocycles. The number of nitro benzene ring substituents is 1. The third kappa shape index (κ3) is 3.46. The Hall–Kier alpha value is -1.78. The molecule has 1 fully saturated rings. The zero-order valence-electron chi connectivity index (χ0n) is 13.1. The van der Waals surface area contributed by atoms with Crippen molar-refractivity contribution in [2.24, 2.45) is 11.8 Å². The van der Waals surface area contributed by atoms with Crippen LogP contribution >= 0.6 is 0 Å². The molecule has 3 unspecified atom stereocenters. The third-order valence-corrected chi connectivity index (χ3v) is 4.63. The van der Waals surface area contributed by atoms with Crippen molar-refractivity contribution in [2.75, 3.05) is 17.2 Å². The second-order valence-corrected chi connectivity index (χ2v) is 6.01. The molecule has 116 valence electrons. The van der Waals surface area contributed by atoms with Crippen molar-refractivity contribution in [3.63, 3.8) is 0 Å². The number of nitrogens with zero attached hydrogens (tertiary/aromatic N) is 1. The van der Waals surface area contributed by atoms with Gasteiger partial charge in [-0.25, -0.2) is 0 Å². The molecule has 1 aliphatic carbocycles. The smallest absolute Gasteiger partial charge is 0.315 e. The summed E-state index contributed by atoms with van der Waals surface area (Å²) in [4.78, 5) is 11.1. The molecule has 0 spiro atoms. The van der Waals surface area contributed by atoms with Crippen molar-refractivity contribution in [3.05, 3.63) is 28.3 Å². The lowest BCUT2D eigenvalue weighted by Crippen LogP contribution is -2.35. The first-order chi connectivity index (χ1) is 10.0. The quantitative estimate of drug-likeness (QED) is 0.628. The average Bonchev–Trinajstić information content (AvgIpc) is 2.44. The van der Waals surface area contributed by atoms with Gasteiger partial charge in [0.2, 0.25) is 0 Å². The molecule has 2 N–H and O–H groups in total. The van der Waals surface area contributed by atoms with E-state index in [-0.39, 0.29) is 10.6 Å². The average molecular weight is 291 g/mol. The molecule has 1 saturated carbocycles. The Balaban J connectivity index is 2.26. The maximum absolute atomic E-state index is 11.4. The molecular weight excluding hydrogens is 266 g/mol. The van der Waals surface area contributed by atoms with Gasteiger partial charge in [0.25, 0.3) is 0 Å². The van der Waals surface area contributed by atoms with Gasteiger partial charge in [-0.3, -0.25) is 10.1 Å². The minimum atomic E-state index is -0.294. The van der Waals surface area contributed by atoms with Gasteiger partial charge in [0, 0.05) is 12.6 Å². The van der Waals surface area contributed by atoms with E-state index >= 15 is 0 Å². The van der Waals surface area contributed by atoms with Crippen LogP contribution in [-0.4, -0.2) is 17.5 Å². The normalized spacial score (nSPS) is 25.4. The fourth-order valence-electron chi connectivity index (χ4n) is 3.18. The van der Waals surface area contributed by atoms with Gasteiger partial charge in [-0.15, -0.1) is 0 Å². The van der Waals surface area contributed by atoms with Gasteiger partial charge in [0.15, 0.2) is 0 Å². The molecule has 3 atom stereocenters. The van der Waals surface area contributed by atoms with Crippen molar-refractivity contribution in [1.82, 2.24) is 0 Å². The Morgan fingerprint density at radius 1 is 1.29 bits per heavy atom. The Kier molecular flexibility index (Phi) is 5.04. The van der Waals surface area contributed by atoms with E-state index in [0.717, 1.165) is 6.42 Å². The van der Waals surface area contributed by atoms with Gasteiger partial charge in [-0.05, 0) is 37.3 Å². The lowest BCUT2D eigenvalue weighted by molar-refractivity contribution is -0.383. The number of benzene rings is 1. The lowest BCUT2D eigenvalue weighted by atomic mass is 9.78. The minimum Gasteiger partial charge on any atom is -0.380 e. The van der Waals surface area contributed by atoms with E-state index in [1.807, 2.05) is 19.1 Å². The van der Waals surface area contributed by atoms with Crippen LogP contribution in [-0.2, 0) is 0 Å². The second kappa shape index (κ2) is 6.78. The summed E-state index contributed by atoms with van der Waals surface area (Å²) in [6.07, 6.45) is 3.51. The standard InChI is InChI=1S/C16H25N3O2/c1-4-17-14-9-6-10-15(16(14)19(20)21)18-13-8-5-7-11(2)12(13)3/h6,9-13,17-18H,4-5,7-8H2,1-3H3. The molecule has 0 aromatic heterocycles. The van der Waals surface area contributed by atoms with E-state index in [4.69, 9.17) is 0 Å².